The van der Waals surface area contributed by atoms with Gasteiger partial charge in [0.15, 0.2) is 0 Å². The Bertz CT molecular complexity index is 1070. The van der Waals surface area contributed by atoms with E-state index in [1.807, 2.05) is 0 Å². The number of hydrogen-bond acceptors (Lipinski definition) is 8. The highest BCUT2D eigenvalue weighted by Gasteiger charge is 2.66. The van der Waals surface area contributed by atoms with Gasteiger partial charge in [-0.2, -0.15) is 13.2 Å². The number of aryl methyl sites for hydroxylation is 1. The van der Waals surface area contributed by atoms with E-state index < -0.39 is 93.1 Å². The number of ether oxygens (including phenoxy) is 3. The van der Waals surface area contributed by atoms with Crippen LogP contribution in [0.4, 0.5) is 32.6 Å². The van der Waals surface area contributed by atoms with Crippen LogP contribution in [0.2, 0.25) is 0 Å². The molecule has 198 valence electrons. The summed E-state index contributed by atoms with van der Waals surface area (Å²) < 4.78 is 120. The second-order valence-electron chi connectivity index (χ2n) is 6.84. The maximum absolute atomic E-state index is 13.5. The average molecular weight is 545 g/mol. The van der Waals surface area contributed by atoms with Crippen molar-refractivity contribution in [3.63, 3.8) is 0 Å². The summed E-state index contributed by atoms with van der Waals surface area (Å²) in [4.78, 5) is 34.9. The highest BCUT2D eigenvalue weighted by atomic mass is 32.5. The summed E-state index contributed by atoms with van der Waals surface area (Å²) in [6.45, 7) is -0.828. The number of hydrogen-bond donors (Lipinski definition) is 0. The fourth-order valence-electron chi connectivity index (χ4n) is 2.76. The van der Waals surface area contributed by atoms with E-state index in [0.717, 1.165) is 0 Å². The van der Waals surface area contributed by atoms with Gasteiger partial charge in [0.1, 0.15) is 17.3 Å². The lowest BCUT2D eigenvalue weighted by Gasteiger charge is -2.41. The maximum Gasteiger partial charge on any atom is 0.430 e. The number of nitrogens with zero attached hydrogens (tertiary/aromatic N) is 1. The molecule has 0 aromatic heterocycles. The zero-order chi connectivity index (χ0) is 26.9. The number of rotatable bonds is 9. The minimum Gasteiger partial charge on any atom is -0.475 e. The van der Waals surface area contributed by atoms with E-state index in [4.69, 9.17) is 4.74 Å². The molecule has 1 aliphatic heterocycles. The zero-order valence-electron chi connectivity index (χ0n) is 17.3. The molecule has 0 spiro atoms. The molecule has 9 nitrogen and oxygen atoms in total. The van der Waals surface area contributed by atoms with Crippen molar-refractivity contribution in [2.24, 2.45) is 0 Å². The zero-order valence-corrected chi connectivity index (χ0v) is 18.1. The molecule has 35 heavy (non-hydrogen) atoms. The standard InChI is InChI=1S/C17H15F8NO8S/c1-2-9-5-11(35(21,22,23,24)25)6-10-7-12(15(17(18,19)20)34-14(9)10)16(28)32-8-31-13(27)3-4-33-26(29)30/h5-7,15H,2-4,8H2,1H3. The van der Waals surface area contributed by atoms with Gasteiger partial charge in [-0.25, -0.2) is 4.79 Å². The molecular formula is C17H15F8NO8S. The van der Waals surface area contributed by atoms with Crippen LogP contribution in [0.1, 0.15) is 24.5 Å². The Labute approximate surface area is 190 Å². The fourth-order valence-corrected chi connectivity index (χ4v) is 3.48. The third kappa shape index (κ3) is 7.33. The molecule has 18 heteroatoms. The second-order valence-corrected chi connectivity index (χ2v) is 9.24. The molecule has 0 saturated heterocycles. The topological polar surface area (TPSA) is 114 Å². The Hall–Kier alpha value is -3.31. The van der Waals surface area contributed by atoms with Gasteiger partial charge in [-0.05, 0) is 30.2 Å². The van der Waals surface area contributed by atoms with E-state index >= 15 is 0 Å². The van der Waals surface area contributed by atoms with E-state index in [1.54, 1.807) is 0 Å². The van der Waals surface area contributed by atoms with Crippen LogP contribution in [0.3, 0.4) is 0 Å². The van der Waals surface area contributed by atoms with Crippen LogP contribution >= 0.6 is 10.2 Å². The summed E-state index contributed by atoms with van der Waals surface area (Å²) in [5.74, 6) is -3.84. The van der Waals surface area contributed by atoms with Crippen molar-refractivity contribution in [2.75, 3.05) is 13.4 Å². The first-order valence-electron chi connectivity index (χ1n) is 9.19. The second kappa shape index (κ2) is 8.72. The van der Waals surface area contributed by atoms with Crippen molar-refractivity contribution in [2.45, 2.75) is 36.9 Å². The lowest BCUT2D eigenvalue weighted by molar-refractivity contribution is -0.757. The van der Waals surface area contributed by atoms with Gasteiger partial charge in [0, 0.05) is 5.56 Å². The minimum absolute atomic E-state index is 0.0208. The number of halogens is 8. The molecule has 0 aliphatic carbocycles. The van der Waals surface area contributed by atoms with Crippen LogP contribution in [0, 0.1) is 10.1 Å². The molecule has 0 bridgehead atoms. The summed E-state index contributed by atoms with van der Waals surface area (Å²) in [5, 5.41) is 8.74. The van der Waals surface area contributed by atoms with Crippen molar-refractivity contribution in [1.82, 2.24) is 0 Å². The summed E-state index contributed by atoms with van der Waals surface area (Å²) in [6, 6.07) is -0.168. The highest BCUT2D eigenvalue weighted by molar-refractivity contribution is 8.45. The lowest BCUT2D eigenvalue weighted by atomic mass is 9.98. The van der Waals surface area contributed by atoms with E-state index in [1.165, 1.54) is 6.92 Å². The molecule has 2 rings (SSSR count). The molecular weight excluding hydrogens is 530 g/mol. The third-order valence-corrected chi connectivity index (χ3v) is 5.40. The number of esters is 2. The monoisotopic (exact) mass is 545 g/mol. The highest BCUT2D eigenvalue weighted by Crippen LogP contribution is 3.02. The average Bonchev–Trinajstić information content (AvgIpc) is 2.69. The summed E-state index contributed by atoms with van der Waals surface area (Å²) in [7, 11) is -10.3. The fraction of sp³-hybridized carbons (Fsp3) is 0.412. The van der Waals surface area contributed by atoms with Gasteiger partial charge in [0.05, 0.1) is 12.0 Å². The van der Waals surface area contributed by atoms with E-state index in [-0.39, 0.29) is 18.2 Å². The van der Waals surface area contributed by atoms with Crippen molar-refractivity contribution in [1.29, 1.82) is 0 Å². The van der Waals surface area contributed by atoms with Gasteiger partial charge in [-0.15, -0.1) is 10.1 Å². The number of carbonyl (C=O) groups excluding carboxylic acids is 2. The van der Waals surface area contributed by atoms with Crippen LogP contribution in [-0.4, -0.2) is 42.7 Å². The van der Waals surface area contributed by atoms with Crippen LogP contribution in [0.15, 0.2) is 22.6 Å². The van der Waals surface area contributed by atoms with Gasteiger partial charge in [-0.3, -0.25) is 4.79 Å². The van der Waals surface area contributed by atoms with Crippen LogP contribution in [0.25, 0.3) is 6.08 Å². The first-order chi connectivity index (χ1) is 15.7. The van der Waals surface area contributed by atoms with E-state index in [9.17, 15) is 52.3 Å². The van der Waals surface area contributed by atoms with Crippen molar-refractivity contribution in [3.05, 3.63) is 38.9 Å². The van der Waals surface area contributed by atoms with Crippen LogP contribution in [-0.2, 0) is 30.3 Å². The lowest BCUT2D eigenvalue weighted by Crippen LogP contribution is -2.41. The minimum atomic E-state index is -10.3. The molecule has 1 aromatic carbocycles. The normalized spacial score (nSPS) is 17.6. The molecule has 0 N–H and O–H groups in total. The Morgan fingerprint density at radius 1 is 1.14 bits per heavy atom. The first kappa shape index (κ1) is 27.9. The predicted octanol–water partition coefficient (Wildman–Crippen LogP) is 5.26. The summed E-state index contributed by atoms with van der Waals surface area (Å²) >= 11 is 0. The van der Waals surface area contributed by atoms with E-state index in [2.05, 4.69) is 14.3 Å². The van der Waals surface area contributed by atoms with Crippen molar-refractivity contribution < 1.29 is 66.3 Å². The van der Waals surface area contributed by atoms with Gasteiger partial charge in [0.2, 0.25) is 12.9 Å². The Balaban J connectivity index is 2.35. The Morgan fingerprint density at radius 3 is 2.29 bits per heavy atom. The molecule has 0 fully saturated rings. The molecule has 1 aromatic rings. The number of carbonyl (C=O) groups is 2. The number of alkyl halides is 3. The van der Waals surface area contributed by atoms with Crippen molar-refractivity contribution in [3.8, 4) is 5.75 Å². The third-order valence-electron chi connectivity index (χ3n) is 4.27. The predicted molar refractivity (Wildman–Crippen MR) is 100 cm³/mol. The van der Waals surface area contributed by atoms with Crippen LogP contribution < -0.4 is 4.74 Å². The SMILES string of the molecule is CCc1cc(S(F)(F)(F)(F)F)cc2c1OC(C(F)(F)F)C(C(=O)OCOC(=O)CCO[N+](=O)[O-])=C2. The Kier molecular flexibility index (Phi) is 6.96. The Morgan fingerprint density at radius 2 is 1.77 bits per heavy atom. The molecule has 1 atom stereocenters. The van der Waals surface area contributed by atoms with Gasteiger partial charge in [0.25, 0.3) is 5.09 Å². The smallest absolute Gasteiger partial charge is 0.430 e. The number of fused-ring (bicyclic) bond motifs is 1. The van der Waals surface area contributed by atoms with Crippen molar-refractivity contribution >= 4 is 28.2 Å². The van der Waals surface area contributed by atoms with E-state index in [0.29, 0.717) is 0 Å². The molecule has 0 radical (unpaired) electrons. The molecule has 1 unspecified atom stereocenters. The molecule has 0 amide bonds. The molecule has 1 heterocycles. The van der Waals surface area contributed by atoms with Crippen LogP contribution in [0.5, 0.6) is 5.75 Å². The van der Waals surface area contributed by atoms with Gasteiger partial charge >= 0.3 is 28.3 Å². The molecule has 0 saturated carbocycles. The summed E-state index contributed by atoms with van der Waals surface area (Å²) in [6.07, 6.45) is -9.18. The van der Waals surface area contributed by atoms with Gasteiger partial charge in [-0.1, -0.05) is 26.4 Å². The number of benzene rings is 1. The summed E-state index contributed by atoms with van der Waals surface area (Å²) in [5.41, 5.74) is -2.90. The molecule has 1 aliphatic rings. The largest absolute Gasteiger partial charge is 0.475 e. The first-order valence-corrected chi connectivity index (χ1v) is 11.1. The quantitative estimate of drug-likeness (QED) is 0.136. The maximum atomic E-state index is 13.5. The van der Waals surface area contributed by atoms with Gasteiger partial charge < -0.3 is 19.0 Å².